The number of nitrogens with two attached hydrogens (primary N) is 3. The van der Waals surface area contributed by atoms with Gasteiger partial charge < -0.3 is 42.4 Å². The molecule has 0 atom stereocenters. The third-order valence-corrected chi connectivity index (χ3v) is 4.14. The summed E-state index contributed by atoms with van der Waals surface area (Å²) in [5, 5.41) is 8.96. The van der Waals surface area contributed by atoms with E-state index in [-0.39, 0.29) is 12.0 Å². The van der Waals surface area contributed by atoms with Crippen molar-refractivity contribution >= 4 is 48.2 Å². The van der Waals surface area contributed by atoms with Gasteiger partial charge in [0.2, 0.25) is 6.41 Å². The van der Waals surface area contributed by atoms with Crippen LogP contribution in [0.4, 0.5) is 17.1 Å². The highest BCUT2D eigenvalue weighted by molar-refractivity contribution is 5.79. The molecule has 0 radical (unpaired) electrons. The van der Waals surface area contributed by atoms with E-state index in [2.05, 4.69) is 5.32 Å². The fraction of sp³-hybridized carbons (Fsp3) is 0.227. The molecule has 0 saturated heterocycles. The molecule has 3 heterocycles. The number of aryl methyl sites for hydroxylation is 3. The number of aromatic nitrogens is 3. The van der Waals surface area contributed by atoms with Crippen LogP contribution >= 0.6 is 0 Å². The number of nitrogens with one attached hydrogen (secondary N) is 2. The molecule has 11 N–H and O–H groups in total. The summed E-state index contributed by atoms with van der Waals surface area (Å²) in [6, 6.07) is 4.86. The minimum absolute atomic E-state index is 0. The molecule has 13 nitrogen and oxygen atoms in total. The first-order valence-corrected chi connectivity index (χ1v) is 9.91. The van der Waals surface area contributed by atoms with Crippen LogP contribution in [0.3, 0.4) is 0 Å². The number of hydrogen-bond acceptors (Lipinski definition) is 8. The Balaban J connectivity index is 0. The third-order valence-electron chi connectivity index (χ3n) is 4.14. The van der Waals surface area contributed by atoms with Crippen molar-refractivity contribution < 1.29 is 19.2 Å². The summed E-state index contributed by atoms with van der Waals surface area (Å²) in [6.07, 6.45) is 8.58. The van der Waals surface area contributed by atoms with Crippen molar-refractivity contribution in [2.75, 3.05) is 16.8 Å². The van der Waals surface area contributed by atoms with Gasteiger partial charge in [-0.25, -0.2) is 0 Å². The zero-order valence-electron chi connectivity index (χ0n) is 20.4. The second-order valence-electron chi connectivity index (χ2n) is 6.88. The number of nitrogen functional groups attached to an aromatic ring is 2. The molecule has 0 saturated carbocycles. The van der Waals surface area contributed by atoms with E-state index in [0.717, 1.165) is 18.9 Å². The maximum Gasteiger partial charge on any atom is 0.211 e. The lowest BCUT2D eigenvalue weighted by atomic mass is 10.4. The number of anilines is 3. The normalized spacial score (nSPS) is 8.80. The number of aldehydes is 3. The average molecular weight is 490 g/mol. The van der Waals surface area contributed by atoms with E-state index < -0.39 is 0 Å². The van der Waals surface area contributed by atoms with Crippen molar-refractivity contribution in [3.05, 3.63) is 53.9 Å². The topological polar surface area (TPSA) is 232 Å². The summed E-state index contributed by atoms with van der Waals surface area (Å²) in [7, 11) is 5.29. The summed E-state index contributed by atoms with van der Waals surface area (Å²) in [5.41, 5.74) is 19.2. The van der Waals surface area contributed by atoms with Gasteiger partial charge in [-0.15, -0.1) is 0 Å². The molecule has 35 heavy (non-hydrogen) atoms. The predicted octanol–water partition coefficient (Wildman–Crippen LogP) is 1.74. The lowest BCUT2D eigenvalue weighted by Crippen LogP contribution is -2.05. The van der Waals surface area contributed by atoms with Gasteiger partial charge in [0.15, 0.2) is 18.9 Å². The van der Waals surface area contributed by atoms with E-state index in [1.165, 1.54) is 0 Å². The van der Waals surface area contributed by atoms with Crippen LogP contribution in [0.2, 0.25) is 0 Å². The first kappa shape index (κ1) is 32.5. The van der Waals surface area contributed by atoms with Gasteiger partial charge in [-0.2, -0.15) is 0 Å². The quantitative estimate of drug-likeness (QED) is 0.169. The van der Waals surface area contributed by atoms with Gasteiger partial charge in [-0.3, -0.25) is 24.6 Å². The Morgan fingerprint density at radius 2 is 1.17 bits per heavy atom. The van der Waals surface area contributed by atoms with Crippen LogP contribution in [-0.2, 0) is 25.9 Å². The number of nitrogens with zero attached hydrogens (tertiary/aromatic N) is 3. The summed E-state index contributed by atoms with van der Waals surface area (Å²) in [6.45, 7) is 1.85. The second-order valence-corrected chi connectivity index (χ2v) is 6.88. The lowest BCUT2D eigenvalue weighted by Gasteiger charge is -1.89. The molecule has 3 aromatic rings. The summed E-state index contributed by atoms with van der Waals surface area (Å²) < 4.78 is 5.00. The second kappa shape index (κ2) is 16.9. The number of amides is 1. The first-order chi connectivity index (χ1) is 16.0. The largest absolute Gasteiger partial charge is 0.397 e. The molecule has 0 aromatic carbocycles. The van der Waals surface area contributed by atoms with E-state index in [4.69, 9.17) is 22.6 Å². The Hall–Kier alpha value is -4.65. The Labute approximate surface area is 204 Å². The van der Waals surface area contributed by atoms with Crippen molar-refractivity contribution in [3.63, 3.8) is 0 Å². The highest BCUT2D eigenvalue weighted by atomic mass is 16.1. The van der Waals surface area contributed by atoms with Crippen LogP contribution in [0.5, 0.6) is 0 Å². The molecule has 13 heteroatoms. The molecule has 0 aliphatic heterocycles. The Morgan fingerprint density at radius 1 is 0.829 bits per heavy atom. The maximum absolute atomic E-state index is 10.3. The van der Waals surface area contributed by atoms with Crippen molar-refractivity contribution in [1.29, 1.82) is 5.41 Å². The zero-order valence-corrected chi connectivity index (χ0v) is 20.4. The van der Waals surface area contributed by atoms with E-state index in [1.807, 2.05) is 6.92 Å². The van der Waals surface area contributed by atoms with Crippen LogP contribution < -0.4 is 28.7 Å². The lowest BCUT2D eigenvalue weighted by molar-refractivity contribution is -0.105. The van der Waals surface area contributed by atoms with Crippen LogP contribution in [-0.4, -0.2) is 44.8 Å². The predicted molar refractivity (Wildman–Crippen MR) is 138 cm³/mol. The summed E-state index contributed by atoms with van der Waals surface area (Å²) in [5.74, 6) is 0.255. The standard InChI is InChI=1S/C7H8N2O2.2C6H8N2O.C3H8N2.H3N/c1-9-3-6(8-5-11)2-7(9)4-10;2*1-8-3-5(7)2-6(8)4-9;1-2-3(4)5;/h2-5H,1H3,(H,8,11);2*2-4H,7H2,1H3;2H2,1H3,(H3,4,5);1H3. The van der Waals surface area contributed by atoms with Crippen LogP contribution in [0.1, 0.15) is 44.8 Å². The first-order valence-electron chi connectivity index (χ1n) is 9.91. The number of carbonyl (C=O) groups excluding carboxylic acids is 4. The smallest absolute Gasteiger partial charge is 0.211 e. The van der Waals surface area contributed by atoms with E-state index in [1.54, 1.807) is 71.6 Å². The minimum Gasteiger partial charge on any atom is -0.397 e. The van der Waals surface area contributed by atoms with Gasteiger partial charge in [0.1, 0.15) is 0 Å². The van der Waals surface area contributed by atoms with E-state index in [0.29, 0.717) is 47.0 Å². The van der Waals surface area contributed by atoms with Crippen LogP contribution in [0.15, 0.2) is 36.8 Å². The molecule has 3 aromatic heterocycles. The highest BCUT2D eigenvalue weighted by Gasteiger charge is 1.99. The van der Waals surface area contributed by atoms with Crippen molar-refractivity contribution in [2.24, 2.45) is 26.9 Å². The molecule has 0 aliphatic rings. The molecule has 0 spiro atoms. The SMILES string of the molecule is CCC(=N)N.Cn1cc(N)cc1C=O.Cn1cc(N)cc1C=O.Cn1cc(NC=O)cc1C=O.N. The van der Waals surface area contributed by atoms with Crippen molar-refractivity contribution in [1.82, 2.24) is 19.9 Å². The maximum atomic E-state index is 10.3. The Morgan fingerprint density at radius 3 is 1.37 bits per heavy atom. The molecule has 0 bridgehead atoms. The fourth-order valence-corrected chi connectivity index (χ4v) is 2.30. The van der Waals surface area contributed by atoms with Crippen molar-refractivity contribution in [3.8, 4) is 0 Å². The molecular weight excluding hydrogens is 454 g/mol. The van der Waals surface area contributed by atoms with Gasteiger partial charge in [0, 0.05) is 46.2 Å². The molecule has 192 valence electrons. The summed E-state index contributed by atoms with van der Waals surface area (Å²) in [4.78, 5) is 40.6. The summed E-state index contributed by atoms with van der Waals surface area (Å²) >= 11 is 0. The van der Waals surface area contributed by atoms with Gasteiger partial charge in [-0.05, 0) is 18.2 Å². The molecule has 0 aliphatic carbocycles. The molecule has 0 unspecified atom stereocenters. The number of carbonyl (C=O) groups is 4. The van der Waals surface area contributed by atoms with Crippen LogP contribution in [0, 0.1) is 5.41 Å². The van der Waals surface area contributed by atoms with Gasteiger partial charge in [-0.1, -0.05) is 6.92 Å². The molecule has 0 fully saturated rings. The Bertz CT molecular complexity index is 1050. The average Bonchev–Trinajstić information content (AvgIpc) is 3.43. The van der Waals surface area contributed by atoms with Gasteiger partial charge >= 0.3 is 0 Å². The number of rotatable bonds is 6. The third kappa shape index (κ3) is 12.2. The fourth-order valence-electron chi connectivity index (χ4n) is 2.30. The molecule has 3 rings (SSSR count). The highest BCUT2D eigenvalue weighted by Crippen LogP contribution is 2.09. The molecule has 1 amide bonds. The van der Waals surface area contributed by atoms with E-state index in [9.17, 15) is 19.2 Å². The molecular formula is C22H35N9O4. The number of hydrogen-bond donors (Lipinski definition) is 6. The van der Waals surface area contributed by atoms with Crippen molar-refractivity contribution in [2.45, 2.75) is 13.3 Å². The zero-order chi connectivity index (χ0) is 26.3. The number of amidine groups is 1. The van der Waals surface area contributed by atoms with Crippen LogP contribution in [0.25, 0.3) is 0 Å². The monoisotopic (exact) mass is 489 g/mol. The van der Waals surface area contributed by atoms with Gasteiger partial charge in [0.25, 0.3) is 0 Å². The van der Waals surface area contributed by atoms with Gasteiger partial charge in [0.05, 0.1) is 40.0 Å². The Kier molecular flexibility index (Phi) is 15.7. The van der Waals surface area contributed by atoms with E-state index >= 15 is 0 Å². The minimum atomic E-state index is 0.